The van der Waals surface area contributed by atoms with Crippen molar-refractivity contribution in [3.63, 3.8) is 0 Å². The van der Waals surface area contributed by atoms with Crippen LogP contribution in [-0.4, -0.2) is 42.5 Å². The first-order valence-corrected chi connectivity index (χ1v) is 8.32. The summed E-state index contributed by atoms with van der Waals surface area (Å²) in [4.78, 5) is 14.4. The molecule has 2 rings (SSSR count). The number of amides is 1. The molecule has 0 aromatic heterocycles. The number of hydrogen-bond donors (Lipinski definition) is 2. The largest absolute Gasteiger partial charge is 0.337 e. The molecule has 0 spiro atoms. The Hall–Kier alpha value is -1.12. The van der Waals surface area contributed by atoms with E-state index in [1.807, 2.05) is 0 Å². The van der Waals surface area contributed by atoms with Crippen LogP contribution in [0.4, 0.5) is 0 Å². The Labute approximate surface area is 127 Å². The Balaban J connectivity index is 1.76. The lowest BCUT2D eigenvalue weighted by Crippen LogP contribution is -2.52. The number of nitriles is 1. The molecule has 5 nitrogen and oxygen atoms in total. The molecule has 5 heteroatoms. The first-order chi connectivity index (χ1) is 10.2. The summed E-state index contributed by atoms with van der Waals surface area (Å²) < 4.78 is 0. The van der Waals surface area contributed by atoms with Gasteiger partial charge in [-0.05, 0) is 57.7 Å². The quantitative estimate of drug-likeness (QED) is 0.802. The maximum atomic E-state index is 12.2. The fourth-order valence-electron chi connectivity index (χ4n) is 3.60. The average Bonchev–Trinajstić information content (AvgIpc) is 2.50. The molecular formula is C16H28N4O. The van der Waals surface area contributed by atoms with Gasteiger partial charge in [-0.1, -0.05) is 19.3 Å². The van der Waals surface area contributed by atoms with Gasteiger partial charge in [0.05, 0.1) is 12.6 Å². The van der Waals surface area contributed by atoms with Gasteiger partial charge in [0.25, 0.3) is 0 Å². The summed E-state index contributed by atoms with van der Waals surface area (Å²) in [5, 5.41) is 12.4. The van der Waals surface area contributed by atoms with Crippen molar-refractivity contribution in [1.82, 2.24) is 10.2 Å². The van der Waals surface area contributed by atoms with Gasteiger partial charge in [-0.3, -0.25) is 9.69 Å². The van der Waals surface area contributed by atoms with Gasteiger partial charge in [0.15, 0.2) is 0 Å². The molecule has 1 heterocycles. The highest BCUT2D eigenvalue weighted by Crippen LogP contribution is 2.27. The molecule has 0 radical (unpaired) electrons. The number of carbonyl (C=O) groups is 1. The molecule has 3 N–H and O–H groups in total. The highest BCUT2D eigenvalue weighted by molar-refractivity contribution is 5.79. The number of piperidine rings is 1. The Morgan fingerprint density at radius 2 is 1.95 bits per heavy atom. The SMILES string of the molecule is N#CC1(NC(=O)CN2CCC(CCN)CC2)CCCCC1. The number of hydrogen-bond acceptors (Lipinski definition) is 4. The van der Waals surface area contributed by atoms with E-state index in [-0.39, 0.29) is 5.91 Å². The third-order valence-electron chi connectivity index (χ3n) is 4.95. The molecule has 0 bridgehead atoms. The van der Waals surface area contributed by atoms with Gasteiger partial charge in [0.2, 0.25) is 5.91 Å². The van der Waals surface area contributed by atoms with Crippen LogP contribution in [0.5, 0.6) is 0 Å². The molecule has 1 saturated carbocycles. The number of nitrogens with one attached hydrogen (secondary N) is 1. The molecule has 118 valence electrons. The van der Waals surface area contributed by atoms with Gasteiger partial charge in [-0.15, -0.1) is 0 Å². The van der Waals surface area contributed by atoms with Crippen LogP contribution >= 0.6 is 0 Å². The van der Waals surface area contributed by atoms with Crippen molar-refractivity contribution in [3.05, 3.63) is 0 Å². The maximum absolute atomic E-state index is 12.2. The minimum Gasteiger partial charge on any atom is -0.337 e. The van der Waals surface area contributed by atoms with E-state index in [0.29, 0.717) is 6.54 Å². The van der Waals surface area contributed by atoms with Crippen LogP contribution in [0.25, 0.3) is 0 Å². The zero-order chi connectivity index (χ0) is 15.1. The normalized spacial score (nSPS) is 23.4. The molecule has 1 aliphatic carbocycles. The van der Waals surface area contributed by atoms with Gasteiger partial charge in [0, 0.05) is 0 Å². The Morgan fingerprint density at radius 1 is 1.29 bits per heavy atom. The van der Waals surface area contributed by atoms with Crippen LogP contribution < -0.4 is 11.1 Å². The van der Waals surface area contributed by atoms with E-state index in [1.165, 1.54) is 6.42 Å². The summed E-state index contributed by atoms with van der Waals surface area (Å²) in [6, 6.07) is 2.35. The van der Waals surface area contributed by atoms with E-state index in [9.17, 15) is 10.1 Å². The third-order valence-corrected chi connectivity index (χ3v) is 4.95. The molecule has 2 aliphatic rings. The lowest BCUT2D eigenvalue weighted by molar-refractivity contribution is -0.124. The van der Waals surface area contributed by atoms with Gasteiger partial charge in [-0.2, -0.15) is 5.26 Å². The average molecular weight is 292 g/mol. The first kappa shape index (κ1) is 16.3. The summed E-state index contributed by atoms with van der Waals surface area (Å²) in [6.45, 7) is 3.13. The molecule has 1 aliphatic heterocycles. The number of nitrogens with zero attached hydrogens (tertiary/aromatic N) is 2. The van der Waals surface area contributed by atoms with Gasteiger partial charge >= 0.3 is 0 Å². The fraction of sp³-hybridized carbons (Fsp3) is 0.875. The van der Waals surface area contributed by atoms with Crippen molar-refractivity contribution in [2.24, 2.45) is 11.7 Å². The molecule has 1 saturated heterocycles. The van der Waals surface area contributed by atoms with Crippen LogP contribution in [0.3, 0.4) is 0 Å². The summed E-state index contributed by atoms with van der Waals surface area (Å²) in [5.74, 6) is 0.730. The molecule has 0 aromatic rings. The summed E-state index contributed by atoms with van der Waals surface area (Å²) >= 11 is 0. The number of nitrogens with two attached hydrogens (primary N) is 1. The summed E-state index contributed by atoms with van der Waals surface area (Å²) in [5.41, 5.74) is 5.00. The fourth-order valence-corrected chi connectivity index (χ4v) is 3.60. The predicted octanol–water partition coefficient (Wildman–Crippen LogP) is 1.39. The topological polar surface area (TPSA) is 82.2 Å². The van der Waals surface area contributed by atoms with Crippen LogP contribution in [0.1, 0.15) is 51.4 Å². The summed E-state index contributed by atoms with van der Waals surface area (Å²) in [6.07, 6.45) is 8.21. The molecule has 0 aromatic carbocycles. The highest BCUT2D eigenvalue weighted by Gasteiger charge is 2.34. The predicted molar refractivity (Wildman–Crippen MR) is 82.4 cm³/mol. The second kappa shape index (κ2) is 7.77. The lowest BCUT2D eigenvalue weighted by Gasteiger charge is -2.34. The molecule has 0 atom stereocenters. The standard InChI is InChI=1S/C16H28N4O/c17-9-4-14-5-10-20(11-6-14)12-15(21)19-16(13-18)7-2-1-3-8-16/h14H,1-12,17H2,(H,19,21). The van der Waals surface area contributed by atoms with Crippen molar-refractivity contribution < 1.29 is 4.79 Å². The van der Waals surface area contributed by atoms with E-state index in [0.717, 1.165) is 70.5 Å². The van der Waals surface area contributed by atoms with E-state index >= 15 is 0 Å². The van der Waals surface area contributed by atoms with Crippen molar-refractivity contribution >= 4 is 5.91 Å². The van der Waals surface area contributed by atoms with E-state index < -0.39 is 5.54 Å². The van der Waals surface area contributed by atoms with Crippen LogP contribution in [0, 0.1) is 17.2 Å². The van der Waals surface area contributed by atoms with Crippen molar-refractivity contribution in [2.75, 3.05) is 26.2 Å². The van der Waals surface area contributed by atoms with Crippen LogP contribution in [-0.2, 0) is 4.79 Å². The number of carbonyl (C=O) groups excluding carboxylic acids is 1. The van der Waals surface area contributed by atoms with Crippen molar-refractivity contribution in [3.8, 4) is 6.07 Å². The first-order valence-electron chi connectivity index (χ1n) is 8.32. The Bertz CT molecular complexity index is 376. The van der Waals surface area contributed by atoms with Gasteiger partial charge in [-0.25, -0.2) is 0 Å². The smallest absolute Gasteiger partial charge is 0.235 e. The molecule has 21 heavy (non-hydrogen) atoms. The van der Waals surface area contributed by atoms with Crippen molar-refractivity contribution in [1.29, 1.82) is 5.26 Å². The zero-order valence-corrected chi connectivity index (χ0v) is 12.9. The Kier molecular flexibility index (Phi) is 6.01. The highest BCUT2D eigenvalue weighted by atomic mass is 16.2. The van der Waals surface area contributed by atoms with Crippen LogP contribution in [0.15, 0.2) is 0 Å². The van der Waals surface area contributed by atoms with Crippen LogP contribution in [0.2, 0.25) is 0 Å². The molecule has 2 fully saturated rings. The summed E-state index contributed by atoms with van der Waals surface area (Å²) in [7, 11) is 0. The Morgan fingerprint density at radius 3 is 2.52 bits per heavy atom. The second-order valence-electron chi connectivity index (χ2n) is 6.60. The van der Waals surface area contributed by atoms with E-state index in [2.05, 4.69) is 16.3 Å². The third kappa shape index (κ3) is 4.69. The lowest BCUT2D eigenvalue weighted by atomic mass is 9.83. The van der Waals surface area contributed by atoms with E-state index in [1.54, 1.807) is 0 Å². The monoisotopic (exact) mass is 292 g/mol. The molecular weight excluding hydrogens is 264 g/mol. The van der Waals surface area contributed by atoms with E-state index in [4.69, 9.17) is 5.73 Å². The molecule has 1 amide bonds. The minimum atomic E-state index is -0.604. The second-order valence-corrected chi connectivity index (χ2v) is 6.60. The molecule has 0 unspecified atom stereocenters. The maximum Gasteiger partial charge on any atom is 0.235 e. The van der Waals surface area contributed by atoms with Gasteiger partial charge in [0.1, 0.15) is 5.54 Å². The zero-order valence-electron chi connectivity index (χ0n) is 12.9. The van der Waals surface area contributed by atoms with Gasteiger partial charge < -0.3 is 11.1 Å². The number of likely N-dealkylation sites (tertiary alicyclic amines) is 1. The minimum absolute atomic E-state index is 0.00993. The number of rotatable bonds is 5. The van der Waals surface area contributed by atoms with Crippen molar-refractivity contribution in [2.45, 2.75) is 56.9 Å².